The molecule has 1 fully saturated rings. The summed E-state index contributed by atoms with van der Waals surface area (Å²) in [4.78, 5) is 2.32. The number of rotatable bonds is 6. The van der Waals surface area contributed by atoms with Crippen molar-refractivity contribution in [3.8, 4) is 0 Å². The second-order valence-corrected chi connectivity index (χ2v) is 4.61. The Labute approximate surface area is 85.9 Å². The van der Waals surface area contributed by atoms with Crippen LogP contribution in [-0.2, 0) is 0 Å². The molecule has 0 saturated heterocycles. The third kappa shape index (κ3) is 4.30. The Balaban J connectivity index is 2.27. The van der Waals surface area contributed by atoms with E-state index in [1.165, 1.54) is 12.8 Å². The molecule has 13 heavy (non-hydrogen) atoms. The highest BCUT2D eigenvalue weighted by Crippen LogP contribution is 2.30. The maximum absolute atomic E-state index is 9.44. The predicted molar refractivity (Wildman–Crippen MR) is 56.2 cm³/mol. The molecule has 0 heterocycles. The van der Waals surface area contributed by atoms with Gasteiger partial charge in [-0.1, -0.05) is 0 Å². The van der Waals surface area contributed by atoms with Gasteiger partial charge in [0.2, 0.25) is 0 Å². The molecule has 3 heteroatoms. The van der Waals surface area contributed by atoms with Crippen molar-refractivity contribution >= 4 is 11.6 Å². The van der Waals surface area contributed by atoms with Gasteiger partial charge in [-0.15, -0.1) is 11.6 Å². The zero-order valence-corrected chi connectivity index (χ0v) is 9.30. The Kier molecular flexibility index (Phi) is 4.50. The van der Waals surface area contributed by atoms with Gasteiger partial charge >= 0.3 is 0 Å². The molecule has 0 radical (unpaired) electrons. The molecule has 0 amide bonds. The third-order valence-electron chi connectivity index (χ3n) is 2.54. The average Bonchev–Trinajstić information content (AvgIpc) is 2.86. The van der Waals surface area contributed by atoms with E-state index in [2.05, 4.69) is 18.7 Å². The number of hydrogen-bond acceptors (Lipinski definition) is 2. The first-order chi connectivity index (χ1) is 6.13. The second-order valence-electron chi connectivity index (χ2n) is 4.30. The summed E-state index contributed by atoms with van der Waals surface area (Å²) in [6.45, 7) is 6.19. The largest absolute Gasteiger partial charge is 0.391 e. The molecular weight excluding hydrogens is 186 g/mol. The van der Waals surface area contributed by atoms with Crippen LogP contribution in [0, 0.1) is 5.92 Å². The van der Waals surface area contributed by atoms with Gasteiger partial charge in [-0.05, 0) is 32.6 Å². The van der Waals surface area contributed by atoms with Crippen molar-refractivity contribution in [1.29, 1.82) is 0 Å². The molecule has 0 spiro atoms. The molecule has 1 rings (SSSR count). The van der Waals surface area contributed by atoms with E-state index in [1.807, 2.05) is 0 Å². The summed E-state index contributed by atoms with van der Waals surface area (Å²) in [5.41, 5.74) is 0. The Morgan fingerprint density at radius 3 is 2.46 bits per heavy atom. The maximum atomic E-state index is 9.44. The molecule has 1 saturated carbocycles. The van der Waals surface area contributed by atoms with Crippen LogP contribution in [0.25, 0.3) is 0 Å². The van der Waals surface area contributed by atoms with Gasteiger partial charge in [0.25, 0.3) is 0 Å². The van der Waals surface area contributed by atoms with Crippen LogP contribution >= 0.6 is 11.6 Å². The molecule has 0 aromatic carbocycles. The molecule has 1 atom stereocenters. The fourth-order valence-corrected chi connectivity index (χ4v) is 1.55. The number of aliphatic hydroxyl groups excluding tert-OH is 1. The second kappa shape index (κ2) is 5.18. The smallest absolute Gasteiger partial charge is 0.0802 e. The highest BCUT2D eigenvalue weighted by molar-refractivity contribution is 6.18. The zero-order chi connectivity index (χ0) is 9.84. The first-order valence-electron chi connectivity index (χ1n) is 5.11. The van der Waals surface area contributed by atoms with Crippen molar-refractivity contribution in [2.75, 3.05) is 19.0 Å². The minimum absolute atomic E-state index is 0.341. The molecular formula is C10H20ClNO. The van der Waals surface area contributed by atoms with Crippen molar-refractivity contribution in [2.45, 2.75) is 38.8 Å². The Hall–Kier alpha value is 0.210. The molecule has 1 aliphatic rings. The van der Waals surface area contributed by atoms with Gasteiger partial charge < -0.3 is 5.11 Å². The molecule has 1 aliphatic carbocycles. The first kappa shape index (κ1) is 11.3. The van der Waals surface area contributed by atoms with E-state index in [0.717, 1.165) is 19.0 Å². The molecule has 1 N–H and O–H groups in total. The monoisotopic (exact) mass is 205 g/mol. The van der Waals surface area contributed by atoms with Crippen molar-refractivity contribution in [3.05, 3.63) is 0 Å². The topological polar surface area (TPSA) is 23.5 Å². The minimum Gasteiger partial charge on any atom is -0.391 e. The number of nitrogens with zero attached hydrogens (tertiary/aromatic N) is 1. The van der Waals surface area contributed by atoms with E-state index in [4.69, 9.17) is 11.6 Å². The summed E-state index contributed by atoms with van der Waals surface area (Å²) in [6, 6.07) is 0.512. The van der Waals surface area contributed by atoms with Crippen LogP contribution in [0.4, 0.5) is 0 Å². The zero-order valence-electron chi connectivity index (χ0n) is 8.54. The van der Waals surface area contributed by atoms with E-state index in [9.17, 15) is 5.11 Å². The van der Waals surface area contributed by atoms with Gasteiger partial charge in [0.1, 0.15) is 0 Å². The lowest BCUT2D eigenvalue weighted by Gasteiger charge is -2.28. The lowest BCUT2D eigenvalue weighted by atomic mass is 10.2. The quantitative estimate of drug-likeness (QED) is 0.668. The van der Waals surface area contributed by atoms with E-state index < -0.39 is 0 Å². The Morgan fingerprint density at radius 2 is 2.08 bits per heavy atom. The summed E-state index contributed by atoms with van der Waals surface area (Å²) in [5.74, 6) is 1.22. The van der Waals surface area contributed by atoms with E-state index in [0.29, 0.717) is 11.9 Å². The van der Waals surface area contributed by atoms with Crippen LogP contribution in [-0.4, -0.2) is 41.1 Å². The van der Waals surface area contributed by atoms with Crippen LogP contribution in [0.1, 0.15) is 26.7 Å². The summed E-state index contributed by atoms with van der Waals surface area (Å²) in [6.07, 6.45) is 2.35. The highest BCUT2D eigenvalue weighted by Gasteiger charge is 2.26. The maximum Gasteiger partial charge on any atom is 0.0802 e. The summed E-state index contributed by atoms with van der Waals surface area (Å²) in [5, 5.41) is 9.44. The first-order valence-corrected chi connectivity index (χ1v) is 5.65. The van der Waals surface area contributed by atoms with Crippen molar-refractivity contribution < 1.29 is 5.11 Å². The van der Waals surface area contributed by atoms with Gasteiger partial charge in [0, 0.05) is 25.0 Å². The Bertz CT molecular complexity index is 148. The summed E-state index contributed by atoms with van der Waals surface area (Å²) in [7, 11) is 0. The molecule has 78 valence electrons. The number of hydrogen-bond donors (Lipinski definition) is 1. The van der Waals surface area contributed by atoms with Crippen LogP contribution < -0.4 is 0 Å². The molecule has 0 aromatic rings. The van der Waals surface area contributed by atoms with Crippen LogP contribution in [0.2, 0.25) is 0 Å². The fourth-order valence-electron chi connectivity index (χ4n) is 1.45. The molecule has 2 nitrogen and oxygen atoms in total. The molecule has 1 unspecified atom stereocenters. The van der Waals surface area contributed by atoms with Crippen LogP contribution in [0.15, 0.2) is 0 Å². The predicted octanol–water partition coefficient (Wildman–Crippen LogP) is 1.71. The normalized spacial score (nSPS) is 19.8. The fraction of sp³-hybridized carbons (Fsp3) is 1.00. The molecule has 0 aromatic heterocycles. The average molecular weight is 206 g/mol. The van der Waals surface area contributed by atoms with Gasteiger partial charge in [0.15, 0.2) is 0 Å². The number of alkyl halides is 1. The minimum atomic E-state index is -0.372. The molecule has 0 bridgehead atoms. The lowest BCUT2D eigenvalue weighted by molar-refractivity contribution is 0.106. The highest BCUT2D eigenvalue weighted by atomic mass is 35.5. The Morgan fingerprint density at radius 1 is 1.46 bits per heavy atom. The van der Waals surface area contributed by atoms with Gasteiger partial charge in [-0.2, -0.15) is 0 Å². The van der Waals surface area contributed by atoms with Crippen molar-refractivity contribution in [3.63, 3.8) is 0 Å². The summed E-state index contributed by atoms with van der Waals surface area (Å²) >= 11 is 5.58. The third-order valence-corrected chi connectivity index (χ3v) is 2.90. The lowest BCUT2D eigenvalue weighted by Crippen LogP contribution is -2.39. The van der Waals surface area contributed by atoms with Crippen molar-refractivity contribution in [1.82, 2.24) is 4.90 Å². The van der Waals surface area contributed by atoms with E-state index >= 15 is 0 Å². The van der Waals surface area contributed by atoms with E-state index in [1.54, 1.807) is 0 Å². The standard InChI is InChI=1S/C10H20ClNO/c1-8(2)12(6-9-3-4-9)7-10(13)5-11/h8-10,13H,3-7H2,1-2H3. The van der Waals surface area contributed by atoms with E-state index in [-0.39, 0.29) is 6.10 Å². The number of halogens is 1. The summed E-state index contributed by atoms with van der Waals surface area (Å²) < 4.78 is 0. The SMILES string of the molecule is CC(C)N(CC(O)CCl)CC1CC1. The van der Waals surface area contributed by atoms with Crippen LogP contribution in [0.5, 0.6) is 0 Å². The van der Waals surface area contributed by atoms with Crippen molar-refractivity contribution in [2.24, 2.45) is 5.92 Å². The van der Waals surface area contributed by atoms with Gasteiger partial charge in [-0.25, -0.2) is 0 Å². The number of aliphatic hydroxyl groups is 1. The van der Waals surface area contributed by atoms with Gasteiger partial charge in [0.05, 0.1) is 6.10 Å². The van der Waals surface area contributed by atoms with Crippen LogP contribution in [0.3, 0.4) is 0 Å². The van der Waals surface area contributed by atoms with Gasteiger partial charge in [-0.3, -0.25) is 4.90 Å². The molecule has 0 aliphatic heterocycles.